The van der Waals surface area contributed by atoms with Gasteiger partial charge in [-0.15, -0.1) is 0 Å². The van der Waals surface area contributed by atoms with Gasteiger partial charge in [-0.25, -0.2) is 4.79 Å². The molecule has 0 bridgehead atoms. The second-order valence-electron chi connectivity index (χ2n) is 8.87. The number of alkyl carbamates (subject to hydrolysis) is 1. The number of ether oxygens (including phenoxy) is 5. The summed E-state index contributed by atoms with van der Waals surface area (Å²) in [5.41, 5.74) is 0. The van der Waals surface area contributed by atoms with Gasteiger partial charge in [0.05, 0.1) is 6.61 Å². The lowest BCUT2D eigenvalue weighted by Gasteiger charge is -2.49. The molecule has 0 aromatic rings. The second kappa shape index (κ2) is 9.75. The van der Waals surface area contributed by atoms with Crippen molar-refractivity contribution in [2.75, 3.05) is 19.8 Å². The highest BCUT2D eigenvalue weighted by atomic mass is 35.6. The average Bonchev–Trinajstić information content (AvgIpc) is 2.55. The highest BCUT2D eigenvalue weighted by Crippen LogP contribution is 2.33. The van der Waals surface area contributed by atoms with Crippen molar-refractivity contribution in [2.24, 2.45) is 0 Å². The number of halogens is 3. The first-order chi connectivity index (χ1) is 13.2. The van der Waals surface area contributed by atoms with Gasteiger partial charge in [0.25, 0.3) is 0 Å². The summed E-state index contributed by atoms with van der Waals surface area (Å²) in [5.74, 6) is -0.891. The predicted molar refractivity (Wildman–Crippen MR) is 112 cm³/mol. The van der Waals surface area contributed by atoms with E-state index in [0.29, 0.717) is 6.61 Å². The molecular weight excluding hydrogens is 465 g/mol. The first kappa shape index (κ1) is 25.4. The summed E-state index contributed by atoms with van der Waals surface area (Å²) >= 11 is 16.8. The van der Waals surface area contributed by atoms with Crippen molar-refractivity contribution in [3.8, 4) is 0 Å². The Morgan fingerprint density at radius 2 is 1.97 bits per heavy atom. The minimum absolute atomic E-state index is 0.229. The standard InChI is InChI=1S/C17H30Cl3NO7Si/c1-16(2)26-8-10-13(28-16)12(22)11(21-15(23)25-9-17(18,19)20)14(27-10)24-6-7-29(3,4)5/h10-14,22H,6-9H2,1-5H3,(H,21,23)/t10-,11-,12-,13-,14-/m1/s1. The normalized spacial score (nSPS) is 32.4. The van der Waals surface area contributed by atoms with Gasteiger partial charge in [-0.1, -0.05) is 54.4 Å². The van der Waals surface area contributed by atoms with Crippen molar-refractivity contribution in [1.82, 2.24) is 5.32 Å². The number of fused-ring (bicyclic) bond motifs is 1. The molecule has 12 heteroatoms. The Morgan fingerprint density at radius 1 is 1.31 bits per heavy atom. The van der Waals surface area contributed by atoms with E-state index in [4.69, 9.17) is 58.5 Å². The first-order valence-corrected chi connectivity index (χ1v) is 14.3. The Kier molecular flexibility index (Phi) is 8.54. The maximum Gasteiger partial charge on any atom is 0.407 e. The van der Waals surface area contributed by atoms with Gasteiger partial charge in [0.15, 0.2) is 12.1 Å². The minimum Gasteiger partial charge on any atom is -0.445 e. The first-order valence-electron chi connectivity index (χ1n) is 9.44. The van der Waals surface area contributed by atoms with E-state index in [1.807, 2.05) is 0 Å². The lowest BCUT2D eigenvalue weighted by molar-refractivity contribution is -0.368. The van der Waals surface area contributed by atoms with Crippen molar-refractivity contribution in [1.29, 1.82) is 0 Å². The van der Waals surface area contributed by atoms with Crippen LogP contribution in [-0.2, 0) is 23.7 Å². The zero-order valence-electron chi connectivity index (χ0n) is 17.2. The smallest absolute Gasteiger partial charge is 0.407 e. The Balaban J connectivity index is 2.08. The Bertz CT molecular complexity index is 570. The number of rotatable bonds is 6. The number of alkyl halides is 3. The molecule has 0 aliphatic carbocycles. The topological polar surface area (TPSA) is 95.5 Å². The van der Waals surface area contributed by atoms with Crippen LogP contribution in [0.25, 0.3) is 0 Å². The third-order valence-corrected chi connectivity index (χ3v) is 6.51. The van der Waals surface area contributed by atoms with Gasteiger partial charge < -0.3 is 34.1 Å². The Morgan fingerprint density at radius 3 is 2.55 bits per heavy atom. The van der Waals surface area contributed by atoms with Crippen molar-refractivity contribution in [3.05, 3.63) is 0 Å². The Hall–Kier alpha value is 0.157. The lowest BCUT2D eigenvalue weighted by Crippen LogP contribution is -2.68. The number of nitrogens with one attached hydrogen (secondary N) is 1. The molecule has 2 N–H and O–H groups in total. The number of aliphatic hydroxyl groups excluding tert-OH is 1. The molecule has 5 atom stereocenters. The van der Waals surface area contributed by atoms with Crippen LogP contribution >= 0.6 is 34.8 Å². The summed E-state index contributed by atoms with van der Waals surface area (Å²) < 4.78 is 26.5. The van der Waals surface area contributed by atoms with Crippen molar-refractivity contribution >= 4 is 49.0 Å². The average molecular weight is 495 g/mol. The summed E-state index contributed by atoms with van der Waals surface area (Å²) in [6.45, 7) is 10.4. The fraction of sp³-hybridized carbons (Fsp3) is 0.941. The molecule has 29 heavy (non-hydrogen) atoms. The summed E-state index contributed by atoms with van der Waals surface area (Å²) in [6, 6.07) is -0.0451. The molecule has 2 aliphatic rings. The third-order valence-electron chi connectivity index (χ3n) is 4.47. The van der Waals surface area contributed by atoms with E-state index in [1.165, 1.54) is 0 Å². The number of hydrogen-bond acceptors (Lipinski definition) is 7. The summed E-state index contributed by atoms with van der Waals surface area (Å²) in [5, 5.41) is 13.5. The van der Waals surface area contributed by atoms with Gasteiger partial charge in [0.1, 0.15) is 31.0 Å². The highest BCUT2D eigenvalue weighted by Gasteiger charge is 2.52. The Labute approximate surface area is 187 Å². The van der Waals surface area contributed by atoms with Crippen LogP contribution in [0.4, 0.5) is 4.79 Å². The third kappa shape index (κ3) is 8.31. The lowest BCUT2D eigenvalue weighted by atomic mass is 9.95. The van der Waals surface area contributed by atoms with E-state index in [0.717, 1.165) is 6.04 Å². The van der Waals surface area contributed by atoms with Crippen molar-refractivity contribution in [3.63, 3.8) is 0 Å². The summed E-state index contributed by atoms with van der Waals surface area (Å²) in [6.07, 6.45) is -4.14. The molecule has 0 radical (unpaired) electrons. The molecule has 2 heterocycles. The summed E-state index contributed by atoms with van der Waals surface area (Å²) in [7, 11) is -1.35. The molecule has 2 aliphatic heterocycles. The van der Waals surface area contributed by atoms with Crippen LogP contribution in [0.2, 0.25) is 25.7 Å². The van der Waals surface area contributed by atoms with Crippen LogP contribution in [0, 0.1) is 0 Å². The fourth-order valence-electron chi connectivity index (χ4n) is 2.95. The van der Waals surface area contributed by atoms with Gasteiger partial charge in [-0.2, -0.15) is 0 Å². The maximum absolute atomic E-state index is 12.2. The zero-order valence-corrected chi connectivity index (χ0v) is 20.5. The van der Waals surface area contributed by atoms with Crippen LogP contribution in [0.5, 0.6) is 0 Å². The largest absolute Gasteiger partial charge is 0.445 e. The zero-order chi connectivity index (χ0) is 22.0. The number of aliphatic hydroxyl groups is 1. The molecule has 2 rings (SSSR count). The molecule has 1 amide bonds. The fourth-order valence-corrected chi connectivity index (χ4v) is 3.84. The SMILES string of the molecule is CC1(C)OC[C@H]2O[C@@H](OCC[Si](C)(C)C)[C@H](NC(=O)OCC(Cl)(Cl)Cl)[C@@H](O)[C@@H]2O1. The number of amides is 1. The van der Waals surface area contributed by atoms with E-state index < -0.39 is 61.0 Å². The van der Waals surface area contributed by atoms with Gasteiger partial charge in [-0.3, -0.25) is 0 Å². The highest BCUT2D eigenvalue weighted by molar-refractivity contribution is 6.76. The van der Waals surface area contributed by atoms with Crippen LogP contribution in [0.3, 0.4) is 0 Å². The van der Waals surface area contributed by atoms with Gasteiger partial charge in [0, 0.05) is 14.7 Å². The van der Waals surface area contributed by atoms with E-state index in [1.54, 1.807) is 13.8 Å². The molecule has 8 nitrogen and oxygen atoms in total. The molecule has 170 valence electrons. The minimum atomic E-state index is -1.74. The van der Waals surface area contributed by atoms with E-state index in [-0.39, 0.29) is 6.61 Å². The quantitative estimate of drug-likeness (QED) is 0.433. The second-order valence-corrected chi connectivity index (χ2v) is 17.0. The van der Waals surface area contributed by atoms with Gasteiger partial charge in [0.2, 0.25) is 3.79 Å². The number of hydrogen-bond donors (Lipinski definition) is 2. The van der Waals surface area contributed by atoms with E-state index >= 15 is 0 Å². The monoisotopic (exact) mass is 493 g/mol. The van der Waals surface area contributed by atoms with Crippen LogP contribution in [-0.4, -0.2) is 79.3 Å². The number of carbonyl (C=O) groups is 1. The maximum atomic E-state index is 12.2. The van der Waals surface area contributed by atoms with Crippen LogP contribution < -0.4 is 5.32 Å². The molecule has 0 saturated carbocycles. The molecular formula is C17H30Cl3NO7Si. The molecule has 0 spiro atoms. The van der Waals surface area contributed by atoms with Crippen molar-refractivity contribution in [2.45, 2.75) is 79.8 Å². The van der Waals surface area contributed by atoms with Crippen LogP contribution in [0.15, 0.2) is 0 Å². The van der Waals surface area contributed by atoms with Gasteiger partial charge >= 0.3 is 6.09 Å². The van der Waals surface area contributed by atoms with Crippen molar-refractivity contribution < 1.29 is 33.6 Å². The van der Waals surface area contributed by atoms with E-state index in [9.17, 15) is 9.90 Å². The van der Waals surface area contributed by atoms with E-state index in [2.05, 4.69) is 25.0 Å². The molecule has 0 unspecified atom stereocenters. The molecule has 0 aromatic heterocycles. The molecule has 2 saturated heterocycles. The van der Waals surface area contributed by atoms with Crippen LogP contribution in [0.1, 0.15) is 13.8 Å². The number of carbonyl (C=O) groups excluding carboxylic acids is 1. The molecule has 2 fully saturated rings. The molecule has 0 aromatic carbocycles. The predicted octanol–water partition coefficient (Wildman–Crippen LogP) is 3.04. The summed E-state index contributed by atoms with van der Waals surface area (Å²) in [4.78, 5) is 12.2. The van der Waals surface area contributed by atoms with Gasteiger partial charge in [-0.05, 0) is 19.9 Å².